The Hall–Kier alpha value is -2.15. The van der Waals surface area contributed by atoms with Gasteiger partial charge in [-0.05, 0) is 24.1 Å². The lowest BCUT2D eigenvalue weighted by atomic mass is 9.98. The Morgan fingerprint density at radius 1 is 1.21 bits per heavy atom. The fourth-order valence-electron chi connectivity index (χ4n) is 2.08. The van der Waals surface area contributed by atoms with Crippen molar-refractivity contribution in [3.63, 3.8) is 0 Å². The van der Waals surface area contributed by atoms with Crippen LogP contribution < -0.4 is 15.4 Å². The largest absolute Gasteiger partial charge is 0.496 e. The molecular weight excluding hydrogens is 324 g/mol. The highest BCUT2D eigenvalue weighted by atomic mass is 32.1. The molecule has 1 aromatic carbocycles. The van der Waals surface area contributed by atoms with Crippen molar-refractivity contribution in [2.45, 2.75) is 46.2 Å². The van der Waals surface area contributed by atoms with Gasteiger partial charge in [-0.25, -0.2) is 4.79 Å². The van der Waals surface area contributed by atoms with Crippen LogP contribution in [-0.4, -0.2) is 23.3 Å². The van der Waals surface area contributed by atoms with E-state index in [1.54, 1.807) is 7.11 Å². The summed E-state index contributed by atoms with van der Waals surface area (Å²) in [6, 6.07) is 5.61. The summed E-state index contributed by atoms with van der Waals surface area (Å²) < 4.78 is 5.23. The van der Waals surface area contributed by atoms with Crippen LogP contribution in [0.5, 0.6) is 5.75 Å². The van der Waals surface area contributed by atoms with E-state index < -0.39 is 0 Å². The molecule has 0 aliphatic rings. The van der Waals surface area contributed by atoms with Crippen LogP contribution in [0.25, 0.3) is 0 Å². The van der Waals surface area contributed by atoms with E-state index in [4.69, 9.17) is 4.74 Å². The Bertz CT molecular complexity index is 707. The van der Waals surface area contributed by atoms with Crippen molar-refractivity contribution >= 4 is 17.4 Å². The number of amides is 2. The van der Waals surface area contributed by atoms with E-state index in [0.29, 0.717) is 13.1 Å². The number of aryl methyl sites for hydroxylation is 1. The summed E-state index contributed by atoms with van der Waals surface area (Å²) in [5.41, 5.74) is 2.04. The molecule has 0 fully saturated rings. The van der Waals surface area contributed by atoms with E-state index in [2.05, 4.69) is 41.6 Å². The normalized spacial score (nSPS) is 11.2. The Labute approximate surface area is 146 Å². The van der Waals surface area contributed by atoms with Gasteiger partial charge in [-0.2, -0.15) is 0 Å². The molecule has 1 heterocycles. The molecule has 0 saturated heterocycles. The maximum Gasteiger partial charge on any atom is 0.315 e. The van der Waals surface area contributed by atoms with Crippen LogP contribution in [0.3, 0.4) is 0 Å². The van der Waals surface area contributed by atoms with Crippen LogP contribution in [0.4, 0.5) is 4.79 Å². The molecule has 0 bridgehead atoms. The molecule has 2 amide bonds. The van der Waals surface area contributed by atoms with Gasteiger partial charge in [-0.3, -0.25) is 0 Å². The van der Waals surface area contributed by atoms with Crippen LogP contribution in [0.15, 0.2) is 18.2 Å². The number of carbonyl (C=O) groups is 1. The zero-order chi connectivity index (χ0) is 17.7. The number of nitrogens with one attached hydrogen (secondary N) is 2. The number of aromatic nitrogens is 2. The fraction of sp³-hybridized carbons (Fsp3) is 0.471. The van der Waals surface area contributed by atoms with Crippen LogP contribution in [0.2, 0.25) is 0 Å². The number of carbonyl (C=O) groups excluding carboxylic acids is 1. The summed E-state index contributed by atoms with van der Waals surface area (Å²) in [6.45, 7) is 9.09. The Kier molecular flexibility index (Phi) is 5.77. The van der Waals surface area contributed by atoms with Gasteiger partial charge in [0.2, 0.25) is 0 Å². The molecule has 24 heavy (non-hydrogen) atoms. The molecule has 0 radical (unpaired) electrons. The molecule has 2 aromatic rings. The third-order valence-corrected chi connectivity index (χ3v) is 4.77. The summed E-state index contributed by atoms with van der Waals surface area (Å²) in [5.74, 6) is 0.842. The third kappa shape index (κ3) is 4.92. The van der Waals surface area contributed by atoms with Gasteiger partial charge in [0.25, 0.3) is 0 Å². The Morgan fingerprint density at radius 2 is 1.92 bits per heavy atom. The van der Waals surface area contributed by atoms with Crippen LogP contribution in [0.1, 0.15) is 41.9 Å². The van der Waals surface area contributed by atoms with Gasteiger partial charge in [-0.15, -0.1) is 10.2 Å². The number of hydrogen-bond donors (Lipinski definition) is 2. The average Bonchev–Trinajstić information content (AvgIpc) is 3.00. The predicted octanol–water partition coefficient (Wildman–Crippen LogP) is 3.15. The number of rotatable bonds is 5. The van der Waals surface area contributed by atoms with Crippen molar-refractivity contribution in [3.8, 4) is 5.75 Å². The zero-order valence-corrected chi connectivity index (χ0v) is 15.6. The van der Waals surface area contributed by atoms with Gasteiger partial charge in [-0.1, -0.05) is 44.2 Å². The maximum atomic E-state index is 11.9. The molecule has 2 rings (SSSR count). The second-order valence-electron chi connectivity index (χ2n) is 6.59. The molecular formula is C17H24N4O2S. The van der Waals surface area contributed by atoms with Gasteiger partial charge in [0, 0.05) is 12.0 Å². The Morgan fingerprint density at radius 3 is 2.50 bits per heavy atom. The fourth-order valence-corrected chi connectivity index (χ4v) is 2.92. The quantitative estimate of drug-likeness (QED) is 0.870. The van der Waals surface area contributed by atoms with E-state index in [0.717, 1.165) is 26.9 Å². The summed E-state index contributed by atoms with van der Waals surface area (Å²) in [5, 5.41) is 15.7. The molecule has 0 spiro atoms. The topological polar surface area (TPSA) is 76.1 Å². The van der Waals surface area contributed by atoms with Gasteiger partial charge in [0.1, 0.15) is 15.8 Å². The first kappa shape index (κ1) is 18.2. The van der Waals surface area contributed by atoms with Gasteiger partial charge < -0.3 is 15.4 Å². The van der Waals surface area contributed by atoms with Crippen molar-refractivity contribution in [2.24, 2.45) is 0 Å². The lowest BCUT2D eigenvalue weighted by Gasteiger charge is -2.12. The van der Waals surface area contributed by atoms with Crippen molar-refractivity contribution in [1.29, 1.82) is 0 Å². The molecule has 1 aromatic heterocycles. The molecule has 6 nitrogen and oxygen atoms in total. The molecule has 130 valence electrons. The molecule has 2 N–H and O–H groups in total. The standard InChI is InChI=1S/C17H24N4O2S/c1-11-8-12(6-7-13(11)23-5)9-18-16(22)19-10-14-20-21-15(24-14)17(2,3)4/h6-8H,9-10H2,1-5H3,(H2,18,19,22). The minimum atomic E-state index is -0.226. The smallest absolute Gasteiger partial charge is 0.315 e. The van der Waals surface area contributed by atoms with E-state index in [9.17, 15) is 4.79 Å². The van der Waals surface area contributed by atoms with Crippen molar-refractivity contribution in [3.05, 3.63) is 39.3 Å². The van der Waals surface area contributed by atoms with E-state index in [-0.39, 0.29) is 11.4 Å². The average molecular weight is 348 g/mol. The molecule has 0 saturated carbocycles. The number of methoxy groups -OCH3 is 1. The predicted molar refractivity (Wildman–Crippen MR) is 95.4 cm³/mol. The van der Waals surface area contributed by atoms with Crippen molar-refractivity contribution in [1.82, 2.24) is 20.8 Å². The first-order valence-corrected chi connectivity index (χ1v) is 8.59. The Balaban J connectivity index is 1.81. The monoisotopic (exact) mass is 348 g/mol. The van der Waals surface area contributed by atoms with Crippen LogP contribution >= 0.6 is 11.3 Å². The number of urea groups is 1. The van der Waals surface area contributed by atoms with Crippen molar-refractivity contribution in [2.75, 3.05) is 7.11 Å². The first-order chi connectivity index (χ1) is 11.3. The highest BCUT2D eigenvalue weighted by molar-refractivity contribution is 7.11. The SMILES string of the molecule is COc1ccc(CNC(=O)NCc2nnc(C(C)(C)C)s2)cc1C. The maximum absolute atomic E-state index is 11.9. The van der Waals surface area contributed by atoms with Gasteiger partial charge in [0.05, 0.1) is 13.7 Å². The zero-order valence-electron chi connectivity index (χ0n) is 14.8. The summed E-state index contributed by atoms with van der Waals surface area (Å²) in [4.78, 5) is 11.9. The van der Waals surface area contributed by atoms with Gasteiger partial charge in [0.15, 0.2) is 0 Å². The lowest BCUT2D eigenvalue weighted by Crippen LogP contribution is -2.34. The second-order valence-corrected chi connectivity index (χ2v) is 7.65. The van der Waals surface area contributed by atoms with E-state index in [1.807, 2.05) is 25.1 Å². The summed E-state index contributed by atoms with van der Waals surface area (Å²) in [7, 11) is 1.65. The van der Waals surface area contributed by atoms with E-state index >= 15 is 0 Å². The van der Waals surface area contributed by atoms with Crippen LogP contribution in [-0.2, 0) is 18.5 Å². The second kappa shape index (κ2) is 7.61. The number of benzene rings is 1. The molecule has 0 unspecified atom stereocenters. The minimum Gasteiger partial charge on any atom is -0.496 e. The summed E-state index contributed by atoms with van der Waals surface area (Å²) in [6.07, 6.45) is 0. The first-order valence-electron chi connectivity index (χ1n) is 7.77. The summed E-state index contributed by atoms with van der Waals surface area (Å²) >= 11 is 1.52. The van der Waals surface area contributed by atoms with Crippen molar-refractivity contribution < 1.29 is 9.53 Å². The number of hydrogen-bond acceptors (Lipinski definition) is 5. The molecule has 0 aliphatic carbocycles. The highest BCUT2D eigenvalue weighted by Gasteiger charge is 2.19. The van der Waals surface area contributed by atoms with Gasteiger partial charge >= 0.3 is 6.03 Å². The molecule has 0 aliphatic heterocycles. The van der Waals surface area contributed by atoms with E-state index in [1.165, 1.54) is 11.3 Å². The number of nitrogens with zero attached hydrogens (tertiary/aromatic N) is 2. The minimum absolute atomic E-state index is 0.0234. The molecule has 0 atom stereocenters. The van der Waals surface area contributed by atoms with Crippen LogP contribution in [0, 0.1) is 6.92 Å². The highest BCUT2D eigenvalue weighted by Crippen LogP contribution is 2.25. The third-order valence-electron chi connectivity index (χ3n) is 3.42. The number of ether oxygens (including phenoxy) is 1. The molecule has 7 heteroatoms. The lowest BCUT2D eigenvalue weighted by molar-refractivity contribution is 0.240.